The number of pyridine rings is 1. The van der Waals surface area contributed by atoms with Gasteiger partial charge in [-0.2, -0.15) is 9.97 Å². The number of alkyl carbamates (subject to hydrolysis) is 1. The van der Waals surface area contributed by atoms with Gasteiger partial charge in [0.05, 0.1) is 12.0 Å². The fourth-order valence-corrected chi connectivity index (χ4v) is 7.19. The first-order valence-corrected chi connectivity index (χ1v) is 16.1. The van der Waals surface area contributed by atoms with E-state index in [4.69, 9.17) is 30.8 Å². The molecule has 3 aliphatic rings. The van der Waals surface area contributed by atoms with E-state index in [1.54, 1.807) is 19.4 Å². The van der Waals surface area contributed by atoms with E-state index in [1.807, 2.05) is 37.4 Å². The predicted octanol–water partition coefficient (Wildman–Crippen LogP) is 4.40. The van der Waals surface area contributed by atoms with Crippen molar-refractivity contribution in [3.05, 3.63) is 53.4 Å². The lowest BCUT2D eigenvalue weighted by Crippen LogP contribution is -2.51. The van der Waals surface area contributed by atoms with Crippen LogP contribution in [0.3, 0.4) is 0 Å². The van der Waals surface area contributed by atoms with Crippen LogP contribution in [0.2, 0.25) is 5.02 Å². The molecule has 3 saturated heterocycles. The molecule has 11 nitrogen and oxygen atoms in total. The number of likely N-dealkylation sites (tertiary alicyclic amines) is 1. The zero-order valence-corrected chi connectivity index (χ0v) is 26.6. The normalized spacial score (nSPS) is 22.9. The number of carbonyl (C=O) groups excluding carboxylic acids is 1. The summed E-state index contributed by atoms with van der Waals surface area (Å²) in [5.41, 5.74) is 0.908. The van der Waals surface area contributed by atoms with Crippen LogP contribution in [0.5, 0.6) is 6.01 Å². The van der Waals surface area contributed by atoms with Crippen LogP contribution in [-0.4, -0.2) is 104 Å². The second-order valence-electron chi connectivity index (χ2n) is 12.3. The molecule has 2 aromatic heterocycles. The number of carbonyl (C=O) groups is 1. The number of nitrogens with one attached hydrogen (secondary N) is 2. The Labute approximate surface area is 271 Å². The van der Waals surface area contributed by atoms with Gasteiger partial charge in [0.1, 0.15) is 29.7 Å². The van der Waals surface area contributed by atoms with Crippen LogP contribution in [0.15, 0.2) is 42.6 Å². The molecule has 46 heavy (non-hydrogen) atoms. The van der Waals surface area contributed by atoms with Crippen LogP contribution < -0.4 is 20.3 Å². The minimum atomic E-state index is -0.553. The summed E-state index contributed by atoms with van der Waals surface area (Å²) in [6.45, 7) is 3.10. The van der Waals surface area contributed by atoms with Gasteiger partial charge < -0.3 is 29.7 Å². The van der Waals surface area contributed by atoms with Gasteiger partial charge in [0, 0.05) is 80.0 Å². The highest BCUT2D eigenvalue weighted by atomic mass is 35.5. The Morgan fingerprint density at radius 2 is 1.91 bits per heavy atom. The number of aromatic nitrogens is 3. The lowest BCUT2D eigenvalue weighted by molar-refractivity contribution is 0.0988. The summed E-state index contributed by atoms with van der Waals surface area (Å²) in [6, 6.07) is 12.0. The molecule has 13 heteroatoms. The molecule has 7 rings (SSSR count). The number of nitrogens with zero attached hydrogens (tertiary/aromatic N) is 5. The first-order chi connectivity index (χ1) is 22.4. The largest absolute Gasteiger partial charge is 0.462 e. The van der Waals surface area contributed by atoms with Gasteiger partial charge >= 0.3 is 12.1 Å². The van der Waals surface area contributed by atoms with Crippen molar-refractivity contribution in [2.75, 3.05) is 58.5 Å². The first-order valence-electron chi connectivity index (χ1n) is 15.7. The van der Waals surface area contributed by atoms with Gasteiger partial charge in [0.2, 0.25) is 0 Å². The first kappa shape index (κ1) is 30.8. The molecule has 3 fully saturated rings. The Kier molecular flexibility index (Phi) is 8.78. The maximum absolute atomic E-state index is 16.6. The van der Waals surface area contributed by atoms with Gasteiger partial charge in [-0.1, -0.05) is 41.9 Å². The summed E-state index contributed by atoms with van der Waals surface area (Å²) in [5, 5.41) is 9.01. The fourth-order valence-electron chi connectivity index (χ4n) is 6.91. The molecule has 4 aromatic rings. The SMILES string of the molecule is COCCNC(=O)O[C@@H]1C[C@@H](COc2nc(N3CC4CCC(C3)N4)c3cnc(-c4cccc5cccc(Cl)c45)c(F)c3n2)N(C)C1. The molecule has 2 aromatic carbocycles. The van der Waals surface area contributed by atoms with Crippen LogP contribution in [0.4, 0.5) is 15.0 Å². The Bertz CT molecular complexity index is 1750. The number of halogens is 2. The van der Waals surface area contributed by atoms with Crippen LogP contribution in [0.1, 0.15) is 19.3 Å². The highest BCUT2D eigenvalue weighted by molar-refractivity contribution is 6.36. The van der Waals surface area contributed by atoms with E-state index < -0.39 is 11.9 Å². The van der Waals surface area contributed by atoms with E-state index in [9.17, 15) is 4.79 Å². The highest BCUT2D eigenvalue weighted by Gasteiger charge is 2.35. The number of hydrogen-bond donors (Lipinski definition) is 2. The Morgan fingerprint density at radius 1 is 1.13 bits per heavy atom. The average molecular weight is 650 g/mol. The monoisotopic (exact) mass is 649 g/mol. The predicted molar refractivity (Wildman–Crippen MR) is 174 cm³/mol. The number of rotatable bonds is 9. The number of hydrogen-bond acceptors (Lipinski definition) is 10. The maximum atomic E-state index is 16.6. The minimum Gasteiger partial charge on any atom is -0.462 e. The summed E-state index contributed by atoms with van der Waals surface area (Å²) in [4.78, 5) is 30.5. The number of ether oxygens (including phenoxy) is 3. The smallest absolute Gasteiger partial charge is 0.407 e. The summed E-state index contributed by atoms with van der Waals surface area (Å²) in [5.74, 6) is 0.0588. The number of amides is 1. The zero-order chi connectivity index (χ0) is 31.8. The summed E-state index contributed by atoms with van der Waals surface area (Å²) < 4.78 is 33.4. The molecule has 2 bridgehead atoms. The molecule has 2 unspecified atom stereocenters. The third-order valence-electron chi connectivity index (χ3n) is 9.17. The van der Waals surface area contributed by atoms with E-state index >= 15 is 4.39 Å². The lowest BCUT2D eigenvalue weighted by atomic mass is 10.0. The molecule has 2 N–H and O–H groups in total. The molecule has 0 spiro atoms. The van der Waals surface area contributed by atoms with Gasteiger partial charge in [-0.3, -0.25) is 9.88 Å². The Morgan fingerprint density at radius 3 is 2.70 bits per heavy atom. The second-order valence-corrected chi connectivity index (χ2v) is 12.7. The van der Waals surface area contributed by atoms with Crippen LogP contribution >= 0.6 is 11.6 Å². The standard InChI is InChI=1S/C33H37ClFN7O4/c1-41-17-23(46-33(43)36-11-12-44-2)13-22(41)18-45-32-39-30-25(31(40-32)42-15-20-9-10-21(16-42)38-20)14-37-29(28(30)35)24-7-3-5-19-6-4-8-26(34)27(19)24/h3-8,14,20-23,38H,9-13,15-18H2,1-2H3,(H,36,43)/t20?,21?,22-,23+/m0/s1. The van der Waals surface area contributed by atoms with Crippen molar-refractivity contribution >= 4 is 45.2 Å². The van der Waals surface area contributed by atoms with Crippen molar-refractivity contribution in [3.63, 3.8) is 0 Å². The summed E-state index contributed by atoms with van der Waals surface area (Å²) in [6.07, 6.45) is 3.67. The molecule has 1 amide bonds. The van der Waals surface area contributed by atoms with E-state index in [0.717, 1.165) is 36.7 Å². The molecule has 4 atom stereocenters. The van der Waals surface area contributed by atoms with Crippen molar-refractivity contribution in [3.8, 4) is 17.3 Å². The van der Waals surface area contributed by atoms with Crippen molar-refractivity contribution in [2.45, 2.75) is 43.5 Å². The topological polar surface area (TPSA) is 114 Å². The number of likely N-dealkylation sites (N-methyl/N-ethyl adjacent to an activating group) is 1. The zero-order valence-electron chi connectivity index (χ0n) is 25.8. The third kappa shape index (κ3) is 6.14. The molecule has 0 saturated carbocycles. The molecule has 0 radical (unpaired) electrons. The van der Waals surface area contributed by atoms with E-state index in [1.165, 1.54) is 0 Å². The number of methoxy groups -OCH3 is 1. The Balaban J connectivity index is 1.19. The number of anilines is 1. The summed E-state index contributed by atoms with van der Waals surface area (Å²) >= 11 is 6.60. The molecule has 5 heterocycles. The molecular weight excluding hydrogens is 613 g/mol. The van der Waals surface area contributed by atoms with Crippen LogP contribution in [0, 0.1) is 5.82 Å². The van der Waals surface area contributed by atoms with Gasteiger partial charge in [-0.25, -0.2) is 9.18 Å². The van der Waals surface area contributed by atoms with Gasteiger partial charge in [0.25, 0.3) is 0 Å². The highest BCUT2D eigenvalue weighted by Crippen LogP contribution is 2.38. The maximum Gasteiger partial charge on any atom is 0.407 e. The third-order valence-corrected chi connectivity index (χ3v) is 9.49. The van der Waals surface area contributed by atoms with Crippen molar-refractivity contribution in [1.82, 2.24) is 30.5 Å². The fraction of sp³-hybridized carbons (Fsp3) is 0.455. The molecule has 242 valence electrons. The molecular formula is C33H37ClFN7O4. The quantitative estimate of drug-likeness (QED) is 0.253. The number of benzene rings is 2. The molecule has 0 aliphatic carbocycles. The van der Waals surface area contributed by atoms with Gasteiger partial charge in [-0.15, -0.1) is 0 Å². The van der Waals surface area contributed by atoms with Crippen LogP contribution in [0.25, 0.3) is 32.9 Å². The van der Waals surface area contributed by atoms with E-state index in [-0.39, 0.29) is 36.0 Å². The van der Waals surface area contributed by atoms with Crippen molar-refractivity contribution in [2.24, 2.45) is 0 Å². The van der Waals surface area contributed by atoms with Crippen molar-refractivity contribution < 1.29 is 23.4 Å². The number of piperazine rings is 1. The minimum absolute atomic E-state index is 0.0507. The molecule has 3 aliphatic heterocycles. The number of fused-ring (bicyclic) bond motifs is 4. The average Bonchev–Trinajstić information content (AvgIpc) is 3.58. The van der Waals surface area contributed by atoms with Gasteiger partial charge in [-0.05, 0) is 31.3 Å². The summed E-state index contributed by atoms with van der Waals surface area (Å²) in [7, 11) is 3.53. The van der Waals surface area contributed by atoms with E-state index in [2.05, 4.69) is 30.4 Å². The Hall–Kier alpha value is -3.84. The van der Waals surface area contributed by atoms with Crippen molar-refractivity contribution in [1.29, 1.82) is 0 Å². The second kappa shape index (κ2) is 13.1. The van der Waals surface area contributed by atoms with Crippen LogP contribution in [-0.2, 0) is 9.47 Å². The lowest BCUT2D eigenvalue weighted by Gasteiger charge is -2.34. The van der Waals surface area contributed by atoms with E-state index in [0.29, 0.717) is 60.0 Å². The van der Waals surface area contributed by atoms with Gasteiger partial charge in [0.15, 0.2) is 5.82 Å².